The predicted octanol–water partition coefficient (Wildman–Crippen LogP) is 2.62. The molecule has 2 N–H and O–H groups in total. The molecule has 3 aliphatic rings. The maximum absolute atomic E-state index is 6.30. The molecule has 0 amide bonds. The second kappa shape index (κ2) is 4.10. The Morgan fingerprint density at radius 3 is 2.86 bits per heavy atom. The van der Waals surface area contributed by atoms with Crippen molar-refractivity contribution in [1.29, 1.82) is 0 Å². The van der Waals surface area contributed by atoms with Crippen molar-refractivity contribution in [1.82, 2.24) is 10.1 Å². The number of hydrogen-bond acceptors (Lipinski definition) is 5. The first kappa shape index (κ1) is 12.6. The largest absolute Gasteiger partial charge is 0.493 e. The van der Waals surface area contributed by atoms with Gasteiger partial charge < -0.3 is 15.0 Å². The lowest BCUT2D eigenvalue weighted by molar-refractivity contribution is 0.228. The predicted molar refractivity (Wildman–Crippen MR) is 79.6 cm³/mol. The number of hydrogen-bond donors (Lipinski definition) is 1. The lowest BCUT2D eigenvalue weighted by Gasteiger charge is -2.34. The molecule has 0 bridgehead atoms. The monoisotopic (exact) mass is 297 g/mol. The van der Waals surface area contributed by atoms with Crippen molar-refractivity contribution in [2.24, 2.45) is 5.73 Å². The molecule has 1 aliphatic heterocycles. The van der Waals surface area contributed by atoms with Crippen molar-refractivity contribution >= 4 is 0 Å². The maximum atomic E-state index is 6.30. The third-order valence-electron chi connectivity index (χ3n) is 5.74. The summed E-state index contributed by atoms with van der Waals surface area (Å²) in [5.74, 6) is 2.76. The zero-order valence-electron chi connectivity index (χ0n) is 12.4. The molecule has 114 valence electrons. The van der Waals surface area contributed by atoms with Crippen LogP contribution in [0.2, 0.25) is 0 Å². The fraction of sp³-hybridized carbons (Fsp3) is 0.529. The first-order valence-electron chi connectivity index (χ1n) is 8.07. The lowest BCUT2D eigenvalue weighted by Crippen LogP contribution is -2.44. The van der Waals surface area contributed by atoms with E-state index >= 15 is 0 Å². The maximum Gasteiger partial charge on any atom is 0.230 e. The second-order valence-corrected chi connectivity index (χ2v) is 6.97. The quantitative estimate of drug-likeness (QED) is 0.922. The van der Waals surface area contributed by atoms with Gasteiger partial charge in [-0.05, 0) is 38.2 Å². The van der Waals surface area contributed by atoms with Crippen molar-refractivity contribution in [2.75, 3.05) is 6.61 Å². The minimum atomic E-state index is -0.350. The summed E-state index contributed by atoms with van der Waals surface area (Å²) in [6.45, 7) is 0.759. The van der Waals surface area contributed by atoms with Crippen LogP contribution in [0.1, 0.15) is 55.3 Å². The van der Waals surface area contributed by atoms with E-state index < -0.39 is 0 Å². The van der Waals surface area contributed by atoms with Gasteiger partial charge in [0, 0.05) is 16.9 Å². The average molecular weight is 297 g/mol. The Kier molecular flexibility index (Phi) is 2.36. The highest BCUT2D eigenvalue weighted by atomic mass is 16.5. The Morgan fingerprint density at radius 2 is 2.05 bits per heavy atom. The normalized spacial score (nSPS) is 31.2. The van der Waals surface area contributed by atoms with Crippen LogP contribution in [0.5, 0.6) is 5.75 Å². The zero-order chi connectivity index (χ0) is 14.8. The topological polar surface area (TPSA) is 74.2 Å². The van der Waals surface area contributed by atoms with Gasteiger partial charge in [0.1, 0.15) is 5.75 Å². The first-order chi connectivity index (χ1) is 10.7. The molecular weight excluding hydrogens is 278 g/mol. The Bertz CT molecular complexity index is 737. The lowest BCUT2D eigenvalue weighted by atomic mass is 9.77. The molecule has 2 aliphatic carbocycles. The highest BCUT2D eigenvalue weighted by Crippen LogP contribution is 2.65. The number of ether oxygens (including phenoxy) is 1. The molecule has 2 atom stereocenters. The summed E-state index contributed by atoms with van der Waals surface area (Å²) >= 11 is 0. The van der Waals surface area contributed by atoms with Crippen LogP contribution in [-0.2, 0) is 11.0 Å². The molecule has 5 nitrogen and oxygen atoms in total. The number of rotatable bonds is 2. The van der Waals surface area contributed by atoms with E-state index in [1.54, 1.807) is 0 Å². The molecule has 5 rings (SSSR count). The van der Waals surface area contributed by atoms with Crippen molar-refractivity contribution in [3.8, 4) is 5.75 Å². The highest BCUT2D eigenvalue weighted by molar-refractivity contribution is 5.49. The molecule has 1 aromatic heterocycles. The summed E-state index contributed by atoms with van der Waals surface area (Å²) in [7, 11) is 0. The van der Waals surface area contributed by atoms with Gasteiger partial charge in [0.2, 0.25) is 5.89 Å². The van der Waals surface area contributed by atoms with Crippen LogP contribution in [0.3, 0.4) is 0 Å². The van der Waals surface area contributed by atoms with Crippen molar-refractivity contribution in [2.45, 2.75) is 49.0 Å². The number of fused-ring (bicyclic) bond motifs is 2. The van der Waals surface area contributed by atoms with E-state index in [4.69, 9.17) is 15.0 Å². The molecule has 1 aromatic carbocycles. The summed E-state index contributed by atoms with van der Waals surface area (Å²) in [5.41, 5.74) is 7.36. The molecule has 5 heteroatoms. The van der Waals surface area contributed by atoms with Gasteiger partial charge in [-0.1, -0.05) is 23.4 Å². The Labute approximate surface area is 128 Å². The van der Waals surface area contributed by atoms with Gasteiger partial charge in [-0.2, -0.15) is 4.98 Å². The minimum Gasteiger partial charge on any atom is -0.493 e. The third-order valence-corrected chi connectivity index (χ3v) is 5.74. The van der Waals surface area contributed by atoms with Crippen LogP contribution < -0.4 is 10.5 Å². The number of aromatic nitrogens is 2. The first-order valence-corrected chi connectivity index (χ1v) is 8.07. The summed E-state index contributed by atoms with van der Waals surface area (Å²) in [5, 5.41) is 4.16. The van der Waals surface area contributed by atoms with Crippen molar-refractivity contribution < 1.29 is 9.26 Å². The number of benzene rings is 1. The molecule has 2 unspecified atom stereocenters. The van der Waals surface area contributed by atoms with Crippen molar-refractivity contribution in [3.63, 3.8) is 0 Å². The molecule has 2 fully saturated rings. The minimum absolute atomic E-state index is 0.125. The molecule has 0 radical (unpaired) electrons. The van der Waals surface area contributed by atoms with E-state index in [1.807, 2.05) is 12.1 Å². The summed E-state index contributed by atoms with van der Waals surface area (Å²) < 4.78 is 11.4. The Balaban J connectivity index is 1.48. The van der Waals surface area contributed by atoms with Gasteiger partial charge in [0.05, 0.1) is 12.1 Å². The van der Waals surface area contributed by atoms with Crippen LogP contribution in [-0.4, -0.2) is 16.7 Å². The van der Waals surface area contributed by atoms with Gasteiger partial charge >= 0.3 is 0 Å². The fourth-order valence-electron chi connectivity index (χ4n) is 4.04. The number of para-hydroxylation sites is 1. The van der Waals surface area contributed by atoms with Gasteiger partial charge in [-0.25, -0.2) is 0 Å². The van der Waals surface area contributed by atoms with Crippen LogP contribution >= 0.6 is 0 Å². The Hall–Kier alpha value is -1.88. The van der Waals surface area contributed by atoms with Crippen LogP contribution in [0, 0.1) is 0 Å². The van der Waals surface area contributed by atoms with Crippen LogP contribution in [0.25, 0.3) is 0 Å². The van der Waals surface area contributed by atoms with E-state index in [1.165, 1.54) is 5.56 Å². The summed E-state index contributed by atoms with van der Waals surface area (Å²) in [6.07, 6.45) is 5.14. The van der Waals surface area contributed by atoms with E-state index in [0.717, 1.165) is 50.4 Å². The van der Waals surface area contributed by atoms with E-state index in [9.17, 15) is 0 Å². The smallest absolute Gasteiger partial charge is 0.230 e. The number of nitrogens with zero attached hydrogens (tertiary/aromatic N) is 2. The molecule has 2 saturated carbocycles. The third kappa shape index (κ3) is 1.57. The Morgan fingerprint density at radius 1 is 1.18 bits per heavy atom. The van der Waals surface area contributed by atoms with Gasteiger partial charge in [-0.3, -0.25) is 0 Å². The number of nitrogens with two attached hydrogens (primary N) is 1. The second-order valence-electron chi connectivity index (χ2n) is 6.97. The van der Waals surface area contributed by atoms with E-state index in [-0.39, 0.29) is 11.0 Å². The van der Waals surface area contributed by atoms with Crippen LogP contribution in [0.15, 0.2) is 28.8 Å². The zero-order valence-corrected chi connectivity index (χ0v) is 12.4. The molecule has 2 heterocycles. The molecule has 22 heavy (non-hydrogen) atoms. The SMILES string of the molecule is NC1(c2noc(C3CC34CCOc3ccccc34)n2)CCC1. The van der Waals surface area contributed by atoms with Gasteiger partial charge in [0.25, 0.3) is 0 Å². The molecule has 2 aromatic rings. The van der Waals surface area contributed by atoms with Crippen molar-refractivity contribution in [3.05, 3.63) is 41.5 Å². The summed E-state index contributed by atoms with van der Waals surface area (Å²) in [4.78, 5) is 4.64. The van der Waals surface area contributed by atoms with E-state index in [2.05, 4.69) is 22.3 Å². The fourth-order valence-corrected chi connectivity index (χ4v) is 4.04. The van der Waals surface area contributed by atoms with E-state index in [0.29, 0.717) is 11.7 Å². The highest BCUT2D eigenvalue weighted by Gasteiger charge is 2.61. The average Bonchev–Trinajstić information content (AvgIpc) is 3.01. The summed E-state index contributed by atoms with van der Waals surface area (Å²) in [6, 6.07) is 8.32. The van der Waals surface area contributed by atoms with Crippen LogP contribution in [0.4, 0.5) is 0 Å². The standard InChI is InChI=1S/C17H19N3O2/c18-17(6-3-7-17)15-19-14(22-20-15)12-10-16(12)8-9-21-13-5-2-1-4-11(13)16/h1-2,4-5,12H,3,6-10,18H2. The van der Waals surface area contributed by atoms with Gasteiger partial charge in [0.15, 0.2) is 5.82 Å². The molecular formula is C17H19N3O2. The van der Waals surface area contributed by atoms with Gasteiger partial charge in [-0.15, -0.1) is 0 Å². The molecule has 0 saturated heterocycles. The molecule has 1 spiro atoms.